The normalized spacial score (nSPS) is 12.3. The van der Waals surface area contributed by atoms with Crippen molar-refractivity contribution in [3.05, 3.63) is 65.2 Å². The van der Waals surface area contributed by atoms with Gasteiger partial charge in [0.05, 0.1) is 16.8 Å². The summed E-state index contributed by atoms with van der Waals surface area (Å²) in [5, 5.41) is 4.23. The van der Waals surface area contributed by atoms with Gasteiger partial charge in [0.1, 0.15) is 11.8 Å². The van der Waals surface area contributed by atoms with Gasteiger partial charge in [-0.05, 0) is 35.9 Å². The van der Waals surface area contributed by atoms with Crippen LogP contribution in [0.25, 0.3) is 10.9 Å². The second-order valence-electron chi connectivity index (χ2n) is 4.62. The van der Waals surface area contributed by atoms with E-state index in [4.69, 9.17) is 16.0 Å². The number of carbonyl (C=O) groups is 1. The number of benzene rings is 1. The van der Waals surface area contributed by atoms with E-state index in [-0.39, 0.29) is 5.91 Å². The molecular formula is C16H12ClN2O2. The first-order valence-electron chi connectivity index (χ1n) is 6.42. The van der Waals surface area contributed by atoms with E-state index in [0.717, 1.165) is 5.39 Å². The molecule has 105 valence electrons. The summed E-state index contributed by atoms with van der Waals surface area (Å²) in [5.74, 6) is 0.454. The van der Waals surface area contributed by atoms with Gasteiger partial charge < -0.3 is 9.73 Å². The van der Waals surface area contributed by atoms with E-state index < -0.39 is 6.04 Å². The number of hydrogen-bond donors (Lipinski definition) is 1. The monoisotopic (exact) mass is 299 g/mol. The van der Waals surface area contributed by atoms with E-state index in [1.807, 2.05) is 12.1 Å². The maximum Gasteiger partial charge on any atom is 0.217 e. The molecule has 3 rings (SSSR count). The smallest absolute Gasteiger partial charge is 0.217 e. The Kier molecular flexibility index (Phi) is 3.62. The highest BCUT2D eigenvalue weighted by atomic mass is 35.5. The van der Waals surface area contributed by atoms with Crippen LogP contribution in [-0.4, -0.2) is 10.9 Å². The van der Waals surface area contributed by atoms with Gasteiger partial charge in [0.15, 0.2) is 0 Å². The molecule has 0 spiro atoms. The van der Waals surface area contributed by atoms with Crippen molar-refractivity contribution >= 4 is 28.4 Å². The van der Waals surface area contributed by atoms with Gasteiger partial charge in [0, 0.05) is 24.6 Å². The minimum Gasteiger partial charge on any atom is -0.467 e. The van der Waals surface area contributed by atoms with E-state index in [9.17, 15) is 4.79 Å². The van der Waals surface area contributed by atoms with Crippen molar-refractivity contribution in [2.24, 2.45) is 0 Å². The number of amides is 1. The van der Waals surface area contributed by atoms with Crippen molar-refractivity contribution < 1.29 is 9.21 Å². The number of hydrogen-bond acceptors (Lipinski definition) is 3. The number of rotatable bonds is 3. The summed E-state index contributed by atoms with van der Waals surface area (Å²) in [4.78, 5) is 15.7. The van der Waals surface area contributed by atoms with E-state index in [2.05, 4.69) is 16.4 Å². The zero-order chi connectivity index (χ0) is 14.8. The molecule has 0 saturated carbocycles. The molecule has 1 amide bonds. The summed E-state index contributed by atoms with van der Waals surface area (Å²) < 4.78 is 5.40. The van der Waals surface area contributed by atoms with Gasteiger partial charge in [-0.1, -0.05) is 11.6 Å². The number of nitrogens with zero attached hydrogens (tertiary/aromatic N) is 1. The molecular weight excluding hydrogens is 288 g/mol. The van der Waals surface area contributed by atoms with Crippen LogP contribution in [0, 0.1) is 6.07 Å². The molecule has 0 aliphatic rings. The van der Waals surface area contributed by atoms with Gasteiger partial charge in [-0.25, -0.2) is 0 Å². The summed E-state index contributed by atoms with van der Waals surface area (Å²) in [5.41, 5.74) is 1.36. The first-order chi connectivity index (χ1) is 10.1. The van der Waals surface area contributed by atoms with Gasteiger partial charge in [-0.2, -0.15) is 0 Å². The number of pyridine rings is 1. The standard InChI is InChI=1S/C16H12ClN2O2/c1-10(20)19-16(15-5-3-7-21-15)11-8-13(17)12-4-2-6-18-14(12)9-11/h2-8,16H,1H3,(H,19,20). The molecule has 0 bridgehead atoms. The number of carbonyl (C=O) groups excluding carboxylic acids is 1. The summed E-state index contributed by atoms with van der Waals surface area (Å²) in [6, 6.07) is 11.8. The molecule has 1 aromatic carbocycles. The van der Waals surface area contributed by atoms with Crippen LogP contribution < -0.4 is 5.32 Å². The minimum atomic E-state index is -0.443. The van der Waals surface area contributed by atoms with Crippen molar-refractivity contribution in [1.29, 1.82) is 0 Å². The van der Waals surface area contributed by atoms with Gasteiger partial charge >= 0.3 is 0 Å². The Balaban J connectivity index is 2.13. The van der Waals surface area contributed by atoms with Crippen LogP contribution >= 0.6 is 11.6 Å². The lowest BCUT2D eigenvalue weighted by Gasteiger charge is -2.16. The van der Waals surface area contributed by atoms with Crippen molar-refractivity contribution in [3.63, 3.8) is 0 Å². The molecule has 0 saturated heterocycles. The summed E-state index contributed by atoms with van der Waals surface area (Å²) in [6.45, 7) is 1.46. The van der Waals surface area contributed by atoms with Gasteiger partial charge in [-0.15, -0.1) is 0 Å². The lowest BCUT2D eigenvalue weighted by molar-refractivity contribution is -0.119. The number of halogens is 1. The highest BCUT2D eigenvalue weighted by molar-refractivity contribution is 6.35. The molecule has 4 nitrogen and oxygen atoms in total. The molecule has 5 heteroatoms. The highest BCUT2D eigenvalue weighted by Crippen LogP contribution is 2.29. The average molecular weight is 300 g/mol. The van der Waals surface area contributed by atoms with Crippen LogP contribution in [0.4, 0.5) is 0 Å². The predicted octanol–water partition coefficient (Wildman–Crippen LogP) is 3.51. The topological polar surface area (TPSA) is 55.1 Å². The van der Waals surface area contributed by atoms with Gasteiger partial charge in [0.2, 0.25) is 5.91 Å². The van der Waals surface area contributed by atoms with Crippen molar-refractivity contribution in [2.45, 2.75) is 13.0 Å². The van der Waals surface area contributed by atoms with Crippen LogP contribution in [0.2, 0.25) is 5.02 Å². The minimum absolute atomic E-state index is 0.165. The Morgan fingerprint density at radius 1 is 1.43 bits per heavy atom. The zero-order valence-corrected chi connectivity index (χ0v) is 12.0. The molecule has 1 radical (unpaired) electrons. The fourth-order valence-corrected chi connectivity index (χ4v) is 2.47. The maximum atomic E-state index is 11.5. The predicted molar refractivity (Wildman–Crippen MR) is 80.0 cm³/mol. The van der Waals surface area contributed by atoms with Gasteiger partial charge in [-0.3, -0.25) is 9.78 Å². The van der Waals surface area contributed by atoms with Crippen molar-refractivity contribution in [2.75, 3.05) is 0 Å². The Morgan fingerprint density at radius 3 is 3.00 bits per heavy atom. The fourth-order valence-electron chi connectivity index (χ4n) is 2.20. The quantitative estimate of drug-likeness (QED) is 0.805. The molecule has 1 unspecified atom stereocenters. The van der Waals surface area contributed by atoms with Gasteiger partial charge in [0.25, 0.3) is 0 Å². The lowest BCUT2D eigenvalue weighted by atomic mass is 10.0. The number of furan rings is 1. The van der Waals surface area contributed by atoms with Crippen LogP contribution in [0.3, 0.4) is 0 Å². The number of aromatic nitrogens is 1. The Morgan fingerprint density at radius 2 is 2.29 bits per heavy atom. The first kappa shape index (κ1) is 13.6. The SMILES string of the molecule is CC(=O)NC(c1[c]c2ncccc2c(Cl)c1)c1ccco1. The van der Waals surface area contributed by atoms with Crippen LogP contribution in [-0.2, 0) is 4.79 Å². The Hall–Kier alpha value is -2.33. The third-order valence-electron chi connectivity index (χ3n) is 3.10. The van der Waals surface area contributed by atoms with E-state index in [1.165, 1.54) is 6.92 Å². The Labute approximate surface area is 126 Å². The number of fused-ring (bicyclic) bond motifs is 1. The third-order valence-corrected chi connectivity index (χ3v) is 3.41. The summed E-state index contributed by atoms with van der Waals surface area (Å²) in [7, 11) is 0. The maximum absolute atomic E-state index is 11.5. The van der Waals surface area contributed by atoms with E-state index in [1.54, 1.807) is 30.7 Å². The van der Waals surface area contributed by atoms with E-state index >= 15 is 0 Å². The fraction of sp³-hybridized carbons (Fsp3) is 0.125. The Bertz CT molecular complexity index is 784. The second kappa shape index (κ2) is 5.58. The lowest BCUT2D eigenvalue weighted by Crippen LogP contribution is -2.26. The molecule has 0 aliphatic carbocycles. The first-order valence-corrected chi connectivity index (χ1v) is 6.80. The molecule has 0 fully saturated rings. The largest absolute Gasteiger partial charge is 0.467 e. The highest BCUT2D eigenvalue weighted by Gasteiger charge is 2.20. The number of nitrogens with one attached hydrogen (secondary N) is 1. The summed E-state index contributed by atoms with van der Waals surface area (Å²) in [6.07, 6.45) is 3.24. The molecule has 1 N–H and O–H groups in total. The molecule has 1 atom stereocenters. The average Bonchev–Trinajstić information content (AvgIpc) is 2.98. The van der Waals surface area contributed by atoms with Crippen LogP contribution in [0.15, 0.2) is 47.2 Å². The molecule has 21 heavy (non-hydrogen) atoms. The van der Waals surface area contributed by atoms with Crippen molar-refractivity contribution in [1.82, 2.24) is 10.3 Å². The summed E-state index contributed by atoms with van der Waals surface area (Å²) >= 11 is 6.30. The molecule has 2 aromatic heterocycles. The molecule has 3 aromatic rings. The van der Waals surface area contributed by atoms with Crippen LogP contribution in [0.5, 0.6) is 0 Å². The van der Waals surface area contributed by atoms with Crippen LogP contribution in [0.1, 0.15) is 24.3 Å². The zero-order valence-electron chi connectivity index (χ0n) is 11.3. The molecule has 0 aliphatic heterocycles. The molecule has 2 heterocycles. The third kappa shape index (κ3) is 2.76. The van der Waals surface area contributed by atoms with E-state index in [0.29, 0.717) is 21.9 Å². The van der Waals surface area contributed by atoms with Crippen molar-refractivity contribution in [3.8, 4) is 0 Å². The second-order valence-corrected chi connectivity index (χ2v) is 5.03.